The molecule has 100 valence electrons. The molecule has 0 saturated heterocycles. The predicted octanol–water partition coefficient (Wildman–Crippen LogP) is 2.92. The topological polar surface area (TPSA) is 49.8 Å². The minimum Gasteiger partial charge on any atom is -0.370 e. The number of hydrogen-bond donors (Lipinski definition) is 2. The third-order valence-electron chi connectivity index (χ3n) is 2.61. The first kappa shape index (κ1) is 13.3. The molecule has 0 aliphatic carbocycles. The molecule has 0 radical (unpaired) electrons. The molecule has 4 nitrogen and oxygen atoms in total. The molecule has 19 heavy (non-hydrogen) atoms. The maximum Gasteiger partial charge on any atom is 0.141 e. The number of hydrogen-bond acceptors (Lipinski definition) is 4. The molecule has 5 heteroatoms. The van der Waals surface area contributed by atoms with Crippen LogP contribution in [0.25, 0.3) is 0 Å². The summed E-state index contributed by atoms with van der Waals surface area (Å²) in [7, 11) is 0. The molecular weight excluding hydrogens is 243 g/mol. The number of nitrogens with zero attached hydrogens (tertiary/aromatic N) is 2. The van der Waals surface area contributed by atoms with Crippen molar-refractivity contribution in [3.63, 3.8) is 0 Å². The van der Waals surface area contributed by atoms with E-state index in [1.807, 2.05) is 18.2 Å². The molecule has 0 aliphatic heterocycles. The van der Waals surface area contributed by atoms with Gasteiger partial charge >= 0.3 is 0 Å². The van der Waals surface area contributed by atoms with Crippen molar-refractivity contribution in [2.45, 2.75) is 12.8 Å². The molecule has 0 saturated carbocycles. The van der Waals surface area contributed by atoms with Crippen molar-refractivity contribution in [2.24, 2.45) is 0 Å². The van der Waals surface area contributed by atoms with E-state index in [9.17, 15) is 4.39 Å². The quantitative estimate of drug-likeness (QED) is 0.751. The molecule has 2 aromatic heterocycles. The Hall–Kier alpha value is -2.17. The fourth-order valence-electron chi connectivity index (χ4n) is 1.63. The minimum atomic E-state index is -0.315. The van der Waals surface area contributed by atoms with Crippen LogP contribution in [0, 0.1) is 5.82 Å². The second-order valence-corrected chi connectivity index (χ2v) is 4.14. The first-order valence-electron chi connectivity index (χ1n) is 6.35. The highest BCUT2D eigenvalue weighted by Crippen LogP contribution is 2.04. The summed E-state index contributed by atoms with van der Waals surface area (Å²) in [6.45, 7) is 1.71. The van der Waals surface area contributed by atoms with Gasteiger partial charge in [-0.3, -0.25) is 0 Å². The maximum atomic E-state index is 12.6. The van der Waals surface area contributed by atoms with Gasteiger partial charge < -0.3 is 10.6 Å². The molecule has 0 unspecified atom stereocenters. The molecular formula is C14H17FN4. The molecule has 0 aliphatic rings. The van der Waals surface area contributed by atoms with Crippen LogP contribution < -0.4 is 10.6 Å². The van der Waals surface area contributed by atoms with E-state index in [0.717, 1.165) is 31.7 Å². The Morgan fingerprint density at radius 3 is 2.21 bits per heavy atom. The Labute approximate surface area is 112 Å². The molecule has 0 atom stereocenters. The summed E-state index contributed by atoms with van der Waals surface area (Å²) in [5.74, 6) is 1.29. The van der Waals surface area contributed by atoms with Gasteiger partial charge in [0.2, 0.25) is 0 Å². The van der Waals surface area contributed by atoms with Crippen LogP contribution >= 0.6 is 0 Å². The van der Waals surface area contributed by atoms with Crippen molar-refractivity contribution in [2.75, 3.05) is 23.7 Å². The highest BCUT2D eigenvalue weighted by molar-refractivity contribution is 5.34. The summed E-state index contributed by atoms with van der Waals surface area (Å²) >= 11 is 0. The lowest BCUT2D eigenvalue weighted by Gasteiger charge is -2.06. The van der Waals surface area contributed by atoms with E-state index >= 15 is 0 Å². The standard InChI is InChI=1S/C14H17FN4/c15-12-6-7-14(19-11-12)18-10-4-3-9-17-13-5-1-2-8-16-13/h1-2,5-8,11H,3-4,9-10H2,(H,16,17)(H,18,19). The van der Waals surface area contributed by atoms with Gasteiger partial charge in [0.05, 0.1) is 6.20 Å². The van der Waals surface area contributed by atoms with Crippen LogP contribution in [0.3, 0.4) is 0 Å². The van der Waals surface area contributed by atoms with Gasteiger partial charge in [0.1, 0.15) is 17.5 Å². The first-order chi connectivity index (χ1) is 9.34. The number of unbranched alkanes of at least 4 members (excludes halogenated alkanes) is 1. The highest BCUT2D eigenvalue weighted by Gasteiger charge is 1.95. The third-order valence-corrected chi connectivity index (χ3v) is 2.61. The average Bonchev–Trinajstić information content (AvgIpc) is 2.46. The molecule has 2 heterocycles. The van der Waals surface area contributed by atoms with Crippen molar-refractivity contribution in [1.82, 2.24) is 9.97 Å². The van der Waals surface area contributed by atoms with Crippen molar-refractivity contribution in [3.05, 3.63) is 48.5 Å². The van der Waals surface area contributed by atoms with Gasteiger partial charge in [-0.25, -0.2) is 14.4 Å². The number of pyridine rings is 2. The Balaban J connectivity index is 1.56. The summed E-state index contributed by atoms with van der Waals surface area (Å²) in [5.41, 5.74) is 0. The third kappa shape index (κ3) is 4.91. The first-order valence-corrected chi connectivity index (χ1v) is 6.35. The van der Waals surface area contributed by atoms with Crippen molar-refractivity contribution >= 4 is 11.6 Å². The highest BCUT2D eigenvalue weighted by atomic mass is 19.1. The van der Waals surface area contributed by atoms with Crippen LogP contribution in [-0.2, 0) is 0 Å². The molecule has 0 amide bonds. The van der Waals surface area contributed by atoms with Crippen LogP contribution in [0.2, 0.25) is 0 Å². The second kappa shape index (κ2) is 7.31. The smallest absolute Gasteiger partial charge is 0.141 e. The molecule has 2 aromatic rings. The van der Waals surface area contributed by atoms with E-state index in [-0.39, 0.29) is 5.82 Å². The summed E-state index contributed by atoms with van der Waals surface area (Å²) in [6.07, 6.45) is 5.03. The lowest BCUT2D eigenvalue weighted by atomic mass is 10.3. The zero-order chi connectivity index (χ0) is 13.3. The molecule has 2 rings (SSSR count). The molecule has 0 fully saturated rings. The Morgan fingerprint density at radius 1 is 0.895 bits per heavy atom. The monoisotopic (exact) mass is 260 g/mol. The number of rotatable bonds is 7. The zero-order valence-electron chi connectivity index (χ0n) is 10.6. The Kier molecular flexibility index (Phi) is 5.10. The lowest BCUT2D eigenvalue weighted by molar-refractivity contribution is 0.621. The van der Waals surface area contributed by atoms with E-state index in [0.29, 0.717) is 5.82 Å². The molecule has 0 spiro atoms. The predicted molar refractivity (Wildman–Crippen MR) is 74.6 cm³/mol. The SMILES string of the molecule is Fc1ccc(NCCCCNc2ccccn2)nc1. The van der Waals surface area contributed by atoms with Crippen LogP contribution in [0.15, 0.2) is 42.7 Å². The van der Waals surface area contributed by atoms with Gasteiger partial charge in [0.25, 0.3) is 0 Å². The zero-order valence-corrected chi connectivity index (χ0v) is 10.6. The van der Waals surface area contributed by atoms with Crippen LogP contribution in [0.1, 0.15) is 12.8 Å². The van der Waals surface area contributed by atoms with Gasteiger partial charge in [-0.1, -0.05) is 6.07 Å². The van der Waals surface area contributed by atoms with Crippen LogP contribution in [0.4, 0.5) is 16.0 Å². The van der Waals surface area contributed by atoms with Crippen molar-refractivity contribution in [1.29, 1.82) is 0 Å². The lowest BCUT2D eigenvalue weighted by Crippen LogP contribution is -2.07. The number of anilines is 2. The van der Waals surface area contributed by atoms with Crippen LogP contribution in [-0.4, -0.2) is 23.1 Å². The molecule has 2 N–H and O–H groups in total. The van der Waals surface area contributed by atoms with Crippen LogP contribution in [0.5, 0.6) is 0 Å². The van der Waals surface area contributed by atoms with E-state index in [2.05, 4.69) is 20.6 Å². The summed E-state index contributed by atoms with van der Waals surface area (Å²) < 4.78 is 12.6. The van der Waals surface area contributed by atoms with E-state index in [1.165, 1.54) is 12.3 Å². The van der Waals surface area contributed by atoms with Crippen molar-refractivity contribution < 1.29 is 4.39 Å². The van der Waals surface area contributed by atoms with Gasteiger partial charge in [0, 0.05) is 19.3 Å². The molecule has 0 aromatic carbocycles. The largest absolute Gasteiger partial charge is 0.370 e. The number of nitrogens with one attached hydrogen (secondary N) is 2. The summed E-state index contributed by atoms with van der Waals surface area (Å²) in [4.78, 5) is 8.11. The fraction of sp³-hybridized carbons (Fsp3) is 0.286. The minimum absolute atomic E-state index is 0.315. The van der Waals surface area contributed by atoms with E-state index in [1.54, 1.807) is 12.3 Å². The van der Waals surface area contributed by atoms with Gasteiger partial charge in [-0.2, -0.15) is 0 Å². The van der Waals surface area contributed by atoms with E-state index in [4.69, 9.17) is 0 Å². The maximum absolute atomic E-state index is 12.6. The van der Waals surface area contributed by atoms with Gasteiger partial charge in [-0.15, -0.1) is 0 Å². The Morgan fingerprint density at radius 2 is 1.63 bits per heavy atom. The molecule has 0 bridgehead atoms. The summed E-state index contributed by atoms with van der Waals surface area (Å²) in [6, 6.07) is 8.84. The normalized spacial score (nSPS) is 10.2. The average molecular weight is 260 g/mol. The number of aromatic nitrogens is 2. The summed E-state index contributed by atoms with van der Waals surface area (Å²) in [5, 5.41) is 6.40. The fourth-order valence-corrected chi connectivity index (χ4v) is 1.63. The van der Waals surface area contributed by atoms with Crippen molar-refractivity contribution in [3.8, 4) is 0 Å². The van der Waals surface area contributed by atoms with E-state index < -0.39 is 0 Å². The number of halogens is 1. The second-order valence-electron chi connectivity index (χ2n) is 4.14. The van der Waals surface area contributed by atoms with Gasteiger partial charge in [-0.05, 0) is 37.1 Å². The Bertz CT molecular complexity index is 473. The van der Waals surface area contributed by atoms with Gasteiger partial charge in [0.15, 0.2) is 0 Å².